The molecule has 0 radical (unpaired) electrons. The van der Waals surface area contributed by atoms with Gasteiger partial charge in [-0.2, -0.15) is 4.37 Å². The minimum Gasteiger partial charge on any atom is -0.382 e. The normalized spacial score (nSPS) is 10.6. The fourth-order valence-electron chi connectivity index (χ4n) is 1.22. The van der Waals surface area contributed by atoms with E-state index in [9.17, 15) is 0 Å². The zero-order chi connectivity index (χ0) is 11.5. The summed E-state index contributed by atoms with van der Waals surface area (Å²) in [4.78, 5) is 2.22. The molecule has 2 aromatic rings. The van der Waals surface area contributed by atoms with Gasteiger partial charge in [0.1, 0.15) is 5.00 Å². The molecule has 3 nitrogen and oxygen atoms in total. The molecular weight excluding hydrogens is 282 g/mol. The van der Waals surface area contributed by atoms with Crippen LogP contribution in [0.5, 0.6) is 0 Å². The van der Waals surface area contributed by atoms with Crippen LogP contribution in [0.25, 0.3) is 0 Å². The van der Waals surface area contributed by atoms with Crippen molar-refractivity contribution in [1.29, 1.82) is 0 Å². The third-order valence-electron chi connectivity index (χ3n) is 1.93. The van der Waals surface area contributed by atoms with Crippen molar-refractivity contribution in [2.45, 2.75) is 11.4 Å². The Kier molecular flexibility index (Phi) is 3.96. The van der Waals surface area contributed by atoms with E-state index in [1.807, 2.05) is 18.4 Å². The minimum atomic E-state index is 0.601. The molecule has 0 aliphatic carbocycles. The van der Waals surface area contributed by atoms with E-state index in [0.29, 0.717) is 5.82 Å². The average Bonchev–Trinajstić information content (AvgIpc) is 2.82. The van der Waals surface area contributed by atoms with Crippen LogP contribution in [0.3, 0.4) is 0 Å². The fourth-order valence-corrected chi connectivity index (χ4v) is 3.78. The number of halogens is 1. The van der Waals surface area contributed by atoms with E-state index in [4.69, 9.17) is 17.3 Å². The van der Waals surface area contributed by atoms with E-state index in [0.717, 1.165) is 20.8 Å². The Morgan fingerprint density at radius 2 is 2.38 bits per heavy atom. The van der Waals surface area contributed by atoms with Crippen LogP contribution in [0.1, 0.15) is 4.88 Å². The second kappa shape index (κ2) is 5.27. The summed E-state index contributed by atoms with van der Waals surface area (Å²) in [5.41, 5.74) is 5.74. The van der Waals surface area contributed by atoms with Gasteiger partial charge in [-0.05, 0) is 29.9 Å². The van der Waals surface area contributed by atoms with Gasteiger partial charge in [0.25, 0.3) is 0 Å². The van der Waals surface area contributed by atoms with E-state index >= 15 is 0 Å². The topological polar surface area (TPSA) is 50.9 Å². The van der Waals surface area contributed by atoms with Crippen molar-refractivity contribution in [2.75, 3.05) is 17.3 Å². The summed E-state index contributed by atoms with van der Waals surface area (Å²) in [7, 11) is 0. The zero-order valence-corrected chi connectivity index (χ0v) is 11.7. The maximum Gasteiger partial charge on any atom is 0.153 e. The second-order valence-corrected chi connectivity index (χ2v) is 6.38. The Hall–Kier alpha value is -0.430. The molecule has 0 aliphatic rings. The van der Waals surface area contributed by atoms with Crippen LogP contribution < -0.4 is 11.1 Å². The van der Waals surface area contributed by atoms with Gasteiger partial charge in [-0.3, -0.25) is 0 Å². The molecule has 0 bridgehead atoms. The van der Waals surface area contributed by atoms with Gasteiger partial charge in [0.2, 0.25) is 0 Å². The number of thiophene rings is 1. The first kappa shape index (κ1) is 12.0. The first-order valence-electron chi connectivity index (χ1n) is 4.48. The summed E-state index contributed by atoms with van der Waals surface area (Å²) in [6.45, 7) is 0.757. The van der Waals surface area contributed by atoms with Crippen LogP contribution in [-0.4, -0.2) is 10.6 Å². The van der Waals surface area contributed by atoms with Gasteiger partial charge in [-0.25, -0.2) is 0 Å². The monoisotopic (exact) mass is 291 g/mol. The highest BCUT2D eigenvalue weighted by Gasteiger charge is 2.10. The second-order valence-electron chi connectivity index (χ2n) is 2.99. The molecule has 0 unspecified atom stereocenters. The summed E-state index contributed by atoms with van der Waals surface area (Å²) >= 11 is 10.4. The molecule has 0 aromatic carbocycles. The Morgan fingerprint density at radius 3 is 3.00 bits per heavy atom. The zero-order valence-electron chi connectivity index (χ0n) is 8.49. The fraction of sp³-hybridized carbons (Fsp3) is 0.222. The van der Waals surface area contributed by atoms with Crippen molar-refractivity contribution >= 4 is 57.1 Å². The predicted octanol–water partition coefficient (Wildman–Crippen LogP) is 3.77. The number of hydrogen-bond donors (Lipinski definition) is 2. The largest absolute Gasteiger partial charge is 0.382 e. The molecule has 0 aliphatic heterocycles. The molecule has 0 fully saturated rings. The van der Waals surface area contributed by atoms with Gasteiger partial charge in [-0.1, -0.05) is 11.6 Å². The lowest BCUT2D eigenvalue weighted by atomic mass is 10.4. The van der Waals surface area contributed by atoms with Crippen LogP contribution in [0.15, 0.2) is 17.0 Å². The summed E-state index contributed by atoms with van der Waals surface area (Å²) in [6.07, 6.45) is 1.99. The molecule has 3 N–H and O–H groups in total. The molecular formula is C9H10ClN3S3. The lowest BCUT2D eigenvalue weighted by molar-refractivity contribution is 1.19. The van der Waals surface area contributed by atoms with Crippen molar-refractivity contribution in [3.05, 3.63) is 21.3 Å². The highest BCUT2D eigenvalue weighted by molar-refractivity contribution is 7.99. The van der Waals surface area contributed by atoms with Crippen LogP contribution in [0.4, 0.5) is 10.8 Å². The van der Waals surface area contributed by atoms with Crippen LogP contribution in [0, 0.1) is 0 Å². The molecule has 16 heavy (non-hydrogen) atoms. The van der Waals surface area contributed by atoms with Crippen molar-refractivity contribution in [3.63, 3.8) is 0 Å². The number of nitrogen functional groups attached to an aromatic ring is 1. The first-order chi connectivity index (χ1) is 7.70. The minimum absolute atomic E-state index is 0.601. The van der Waals surface area contributed by atoms with Gasteiger partial charge in [-0.15, -0.1) is 23.1 Å². The van der Waals surface area contributed by atoms with E-state index in [2.05, 4.69) is 9.69 Å². The van der Waals surface area contributed by atoms with Crippen molar-refractivity contribution < 1.29 is 0 Å². The summed E-state index contributed by atoms with van der Waals surface area (Å²) in [6, 6.07) is 3.92. The van der Waals surface area contributed by atoms with E-state index in [1.54, 1.807) is 23.1 Å². The van der Waals surface area contributed by atoms with E-state index < -0.39 is 0 Å². The molecule has 7 heteroatoms. The average molecular weight is 292 g/mol. The SMILES string of the molecule is CSc1c(N)nsc1NCc1ccc(Cl)s1. The van der Waals surface area contributed by atoms with Gasteiger partial charge < -0.3 is 11.1 Å². The Labute approximate surface area is 111 Å². The standard InChI is InChI=1S/C9H10ClN3S3/c1-14-7-8(11)13-16-9(7)12-4-5-2-3-6(10)15-5/h2-3,12H,4H2,1H3,(H2,11,13). The van der Waals surface area contributed by atoms with Crippen LogP contribution in [-0.2, 0) is 6.54 Å². The van der Waals surface area contributed by atoms with Crippen molar-refractivity contribution in [1.82, 2.24) is 4.37 Å². The Bertz CT molecular complexity index is 480. The van der Waals surface area contributed by atoms with E-state index in [-0.39, 0.29) is 0 Å². The number of aromatic nitrogens is 1. The first-order valence-corrected chi connectivity index (χ1v) is 7.67. The summed E-state index contributed by atoms with van der Waals surface area (Å²) in [5, 5.41) is 4.34. The Morgan fingerprint density at radius 1 is 1.56 bits per heavy atom. The predicted molar refractivity (Wildman–Crippen MR) is 75.0 cm³/mol. The van der Waals surface area contributed by atoms with Gasteiger partial charge >= 0.3 is 0 Å². The van der Waals surface area contributed by atoms with E-state index in [1.165, 1.54) is 16.4 Å². The summed E-state index contributed by atoms with van der Waals surface area (Å²) < 4.78 is 4.93. The third-order valence-corrected chi connectivity index (χ3v) is 4.93. The molecule has 0 amide bonds. The third kappa shape index (κ3) is 2.63. The van der Waals surface area contributed by atoms with Crippen LogP contribution >= 0.6 is 46.2 Å². The molecule has 0 saturated carbocycles. The lowest BCUT2D eigenvalue weighted by Crippen LogP contribution is -1.96. The number of nitrogens with zero attached hydrogens (tertiary/aromatic N) is 1. The lowest BCUT2D eigenvalue weighted by Gasteiger charge is -2.03. The number of hydrogen-bond acceptors (Lipinski definition) is 6. The van der Waals surface area contributed by atoms with Gasteiger partial charge in [0.05, 0.1) is 15.8 Å². The molecule has 2 aromatic heterocycles. The number of rotatable bonds is 4. The molecule has 86 valence electrons. The highest BCUT2D eigenvalue weighted by Crippen LogP contribution is 2.35. The maximum absolute atomic E-state index is 5.86. The number of nitrogens with one attached hydrogen (secondary N) is 1. The molecule has 0 saturated heterocycles. The molecule has 2 heterocycles. The Balaban J connectivity index is 2.04. The number of thioether (sulfide) groups is 1. The quantitative estimate of drug-likeness (QED) is 0.842. The van der Waals surface area contributed by atoms with Gasteiger partial charge in [0.15, 0.2) is 5.82 Å². The number of nitrogens with two attached hydrogens (primary N) is 1. The molecule has 0 spiro atoms. The van der Waals surface area contributed by atoms with Crippen molar-refractivity contribution in [2.24, 2.45) is 0 Å². The highest BCUT2D eigenvalue weighted by atomic mass is 35.5. The van der Waals surface area contributed by atoms with Crippen LogP contribution in [0.2, 0.25) is 4.34 Å². The number of anilines is 2. The summed E-state index contributed by atoms with van der Waals surface area (Å²) in [5.74, 6) is 0.601. The maximum atomic E-state index is 5.86. The van der Waals surface area contributed by atoms with Gasteiger partial charge in [0, 0.05) is 4.88 Å². The molecule has 0 atom stereocenters. The smallest absolute Gasteiger partial charge is 0.153 e. The van der Waals surface area contributed by atoms with Crippen molar-refractivity contribution in [3.8, 4) is 0 Å². The molecule has 2 rings (SSSR count).